The van der Waals surface area contributed by atoms with Crippen LogP contribution in [0, 0.1) is 0 Å². The zero-order valence-corrected chi connectivity index (χ0v) is 30.0. The molecule has 2 rings (SSSR count). The summed E-state index contributed by atoms with van der Waals surface area (Å²) >= 11 is 0. The topological polar surface area (TPSA) is 86.7 Å². The monoisotopic (exact) mass is 662 g/mol. The molecule has 2 aromatic rings. The summed E-state index contributed by atoms with van der Waals surface area (Å²) in [6, 6.07) is 12.3. The molecule has 0 radical (unpaired) electrons. The molecule has 0 aromatic heterocycles. The Morgan fingerprint density at radius 1 is 0.396 bits per heavy atom. The first-order chi connectivity index (χ1) is 23.4. The van der Waals surface area contributed by atoms with Gasteiger partial charge in [-0.1, -0.05) is 167 Å². The Morgan fingerprint density at radius 2 is 0.667 bits per heavy atom. The SMILES string of the molecule is CCCCCCCCCCCCCC(=O)Oc1ccc(-c2ccc(OC(=O)CCCCCCCCCCCCC)c(=O)cc2)ccc1=O. The van der Waals surface area contributed by atoms with E-state index in [2.05, 4.69) is 13.8 Å². The maximum Gasteiger partial charge on any atom is 0.311 e. The lowest BCUT2D eigenvalue weighted by atomic mass is 10.1. The maximum atomic E-state index is 12.6. The first-order valence-electron chi connectivity index (χ1n) is 19.1. The number of hydrogen-bond acceptors (Lipinski definition) is 6. The van der Waals surface area contributed by atoms with Gasteiger partial charge in [-0.25, -0.2) is 0 Å². The Morgan fingerprint density at radius 3 is 0.979 bits per heavy atom. The van der Waals surface area contributed by atoms with Crippen LogP contribution in [0.3, 0.4) is 0 Å². The van der Waals surface area contributed by atoms with Crippen LogP contribution in [0.4, 0.5) is 0 Å². The third-order valence-corrected chi connectivity index (χ3v) is 8.89. The highest BCUT2D eigenvalue weighted by Crippen LogP contribution is 2.20. The maximum absolute atomic E-state index is 12.6. The van der Waals surface area contributed by atoms with E-state index in [1.807, 2.05) is 0 Å². The summed E-state index contributed by atoms with van der Waals surface area (Å²) in [5, 5.41) is 0. The van der Waals surface area contributed by atoms with E-state index >= 15 is 0 Å². The van der Waals surface area contributed by atoms with E-state index in [0.717, 1.165) is 38.5 Å². The van der Waals surface area contributed by atoms with Crippen molar-refractivity contribution < 1.29 is 19.1 Å². The fourth-order valence-electron chi connectivity index (χ4n) is 5.87. The molecule has 0 spiro atoms. The number of carbonyl (C=O) groups is 2. The van der Waals surface area contributed by atoms with Crippen molar-refractivity contribution in [3.05, 3.63) is 69.0 Å². The fraction of sp³-hybridized carbons (Fsp3) is 0.619. The molecule has 2 aromatic carbocycles. The zero-order chi connectivity index (χ0) is 34.7. The minimum absolute atomic E-state index is 0.0174. The van der Waals surface area contributed by atoms with Gasteiger partial charge in [0.15, 0.2) is 11.5 Å². The van der Waals surface area contributed by atoms with Crippen molar-refractivity contribution >= 4 is 11.9 Å². The third kappa shape index (κ3) is 18.9. The Bertz CT molecular complexity index is 1200. The molecule has 0 saturated heterocycles. The lowest BCUT2D eigenvalue weighted by Crippen LogP contribution is -2.12. The molecule has 48 heavy (non-hydrogen) atoms. The van der Waals surface area contributed by atoms with Gasteiger partial charge in [-0.3, -0.25) is 19.2 Å². The normalized spacial score (nSPS) is 11.0. The fourth-order valence-corrected chi connectivity index (χ4v) is 5.87. The predicted molar refractivity (Wildman–Crippen MR) is 198 cm³/mol. The molecule has 0 amide bonds. The second-order valence-electron chi connectivity index (χ2n) is 13.2. The van der Waals surface area contributed by atoms with E-state index < -0.39 is 22.8 Å². The van der Waals surface area contributed by atoms with Crippen LogP contribution in [0.5, 0.6) is 11.5 Å². The van der Waals surface area contributed by atoms with Gasteiger partial charge in [0.25, 0.3) is 0 Å². The summed E-state index contributed by atoms with van der Waals surface area (Å²) in [6.45, 7) is 4.47. The number of rotatable bonds is 27. The summed E-state index contributed by atoms with van der Waals surface area (Å²) in [5.74, 6) is -0.845. The molecule has 0 fully saturated rings. The second-order valence-corrected chi connectivity index (χ2v) is 13.2. The minimum atomic E-state index is -0.405. The molecular formula is C42H62O6. The summed E-state index contributed by atoms with van der Waals surface area (Å²) < 4.78 is 10.8. The summed E-state index contributed by atoms with van der Waals surface area (Å²) in [5.41, 5.74) is 0.535. The van der Waals surface area contributed by atoms with Crippen LogP contribution < -0.4 is 20.3 Å². The highest BCUT2D eigenvalue weighted by molar-refractivity contribution is 5.73. The van der Waals surface area contributed by atoms with Crippen molar-refractivity contribution in [1.82, 2.24) is 0 Å². The van der Waals surface area contributed by atoms with Crippen molar-refractivity contribution in [2.24, 2.45) is 0 Å². The van der Waals surface area contributed by atoms with E-state index in [1.165, 1.54) is 127 Å². The standard InChI is InChI=1S/C42H62O6/c1-3-5-7-9-11-13-15-17-19-21-23-25-41(45)47-39-33-29-35(27-31-37(39)43)36-28-32-38(44)40(34-30-36)48-42(46)26-24-22-20-18-16-14-12-10-8-6-4-2/h27-34H,3-26H2,1-2H3. The van der Waals surface area contributed by atoms with Crippen molar-refractivity contribution in [1.29, 1.82) is 0 Å². The largest absolute Gasteiger partial charge is 0.422 e. The van der Waals surface area contributed by atoms with Crippen molar-refractivity contribution in [3.8, 4) is 22.6 Å². The van der Waals surface area contributed by atoms with Gasteiger partial charge in [0.1, 0.15) is 0 Å². The van der Waals surface area contributed by atoms with Gasteiger partial charge in [0, 0.05) is 12.8 Å². The average Bonchev–Trinajstić information content (AvgIpc) is 3.37. The van der Waals surface area contributed by atoms with Gasteiger partial charge < -0.3 is 9.47 Å². The lowest BCUT2D eigenvalue weighted by molar-refractivity contribution is -0.135. The van der Waals surface area contributed by atoms with Crippen LogP contribution in [0.2, 0.25) is 0 Å². The zero-order valence-electron chi connectivity index (χ0n) is 30.0. The van der Waals surface area contributed by atoms with Crippen LogP contribution in [0.1, 0.15) is 168 Å². The molecule has 6 heteroatoms. The van der Waals surface area contributed by atoms with Crippen molar-refractivity contribution in [3.63, 3.8) is 0 Å². The highest BCUT2D eigenvalue weighted by atomic mass is 16.5. The molecule has 0 unspecified atom stereocenters. The quantitative estimate of drug-likeness (QED) is 0.0699. The molecule has 266 valence electrons. The Balaban J connectivity index is 1.75. The van der Waals surface area contributed by atoms with Crippen LogP contribution >= 0.6 is 0 Å². The first-order valence-corrected chi connectivity index (χ1v) is 19.1. The number of unbranched alkanes of at least 4 members (excludes halogenated alkanes) is 20. The molecule has 0 N–H and O–H groups in total. The summed E-state index contributed by atoms with van der Waals surface area (Å²) in [7, 11) is 0. The van der Waals surface area contributed by atoms with E-state index in [4.69, 9.17) is 9.47 Å². The molecule has 6 nitrogen and oxygen atoms in total. The van der Waals surface area contributed by atoms with Gasteiger partial charge in [0.2, 0.25) is 10.9 Å². The van der Waals surface area contributed by atoms with Gasteiger partial charge in [-0.2, -0.15) is 0 Å². The molecule has 0 saturated carbocycles. The number of hydrogen-bond donors (Lipinski definition) is 0. The van der Waals surface area contributed by atoms with E-state index in [1.54, 1.807) is 24.3 Å². The summed E-state index contributed by atoms with van der Waals surface area (Å²) in [6.07, 6.45) is 26.9. The highest BCUT2D eigenvalue weighted by Gasteiger charge is 2.10. The molecule has 0 bridgehead atoms. The van der Waals surface area contributed by atoms with Gasteiger partial charge in [-0.05, 0) is 48.2 Å². The average molecular weight is 663 g/mol. The van der Waals surface area contributed by atoms with E-state index in [0.29, 0.717) is 11.1 Å². The molecule has 0 aliphatic heterocycles. The number of ether oxygens (including phenoxy) is 2. The summed E-state index contributed by atoms with van der Waals surface area (Å²) in [4.78, 5) is 50.1. The predicted octanol–water partition coefficient (Wildman–Crippen LogP) is 11.3. The van der Waals surface area contributed by atoms with E-state index in [-0.39, 0.29) is 24.3 Å². The van der Waals surface area contributed by atoms with Crippen LogP contribution in [0.25, 0.3) is 11.1 Å². The Kier molecular flexibility index (Phi) is 22.7. The molecule has 0 aliphatic carbocycles. The first kappa shape index (κ1) is 40.9. The third-order valence-electron chi connectivity index (χ3n) is 8.89. The van der Waals surface area contributed by atoms with Gasteiger partial charge >= 0.3 is 11.9 Å². The van der Waals surface area contributed by atoms with Crippen LogP contribution in [0.15, 0.2) is 58.1 Å². The van der Waals surface area contributed by atoms with E-state index in [9.17, 15) is 19.2 Å². The molecule has 0 aliphatic rings. The van der Waals surface area contributed by atoms with Crippen molar-refractivity contribution in [2.75, 3.05) is 0 Å². The van der Waals surface area contributed by atoms with Crippen LogP contribution in [-0.4, -0.2) is 11.9 Å². The number of esters is 2. The molecule has 0 heterocycles. The van der Waals surface area contributed by atoms with Crippen LogP contribution in [-0.2, 0) is 9.59 Å². The lowest BCUT2D eigenvalue weighted by Gasteiger charge is -2.03. The Hall–Kier alpha value is -3.28. The Labute approximate surface area is 290 Å². The van der Waals surface area contributed by atoms with Gasteiger partial charge in [0.05, 0.1) is 0 Å². The molecule has 0 atom stereocenters. The smallest absolute Gasteiger partial charge is 0.311 e. The van der Waals surface area contributed by atoms with Crippen molar-refractivity contribution in [2.45, 2.75) is 168 Å². The molecular weight excluding hydrogens is 600 g/mol. The number of carbonyl (C=O) groups excluding carboxylic acids is 2. The van der Waals surface area contributed by atoms with Gasteiger partial charge in [-0.15, -0.1) is 0 Å². The second kappa shape index (κ2) is 26.6. The minimum Gasteiger partial charge on any atom is -0.422 e.